The van der Waals surface area contributed by atoms with Crippen molar-refractivity contribution in [2.45, 2.75) is 81.7 Å². The summed E-state index contributed by atoms with van der Waals surface area (Å²) in [5, 5.41) is 54.5. The molecule has 2 aromatic heterocycles. The van der Waals surface area contributed by atoms with Gasteiger partial charge in [0.2, 0.25) is 35.5 Å². The van der Waals surface area contributed by atoms with Crippen molar-refractivity contribution < 1.29 is 63.3 Å². The maximum atomic E-state index is 13.5. The number of carboxylic acid groups (broad SMARTS) is 3. The highest BCUT2D eigenvalue weighted by atomic mass is 16.4. The number of guanidine groups is 1. The maximum Gasteiger partial charge on any atom is 0.326 e. The highest BCUT2D eigenvalue weighted by molar-refractivity contribution is 5.98. The lowest BCUT2D eigenvalue weighted by Gasteiger charge is -2.25. The van der Waals surface area contributed by atoms with Gasteiger partial charge in [0, 0.05) is 37.7 Å². The Kier molecular flexibility index (Phi) is 20.0. The van der Waals surface area contributed by atoms with Gasteiger partial charge in [-0.1, -0.05) is 0 Å². The van der Waals surface area contributed by atoms with E-state index in [1.807, 2.05) is 0 Å². The van der Waals surface area contributed by atoms with E-state index in [1.165, 1.54) is 30.5 Å². The van der Waals surface area contributed by atoms with Crippen LogP contribution in [-0.4, -0.2) is 145 Å². The summed E-state index contributed by atoms with van der Waals surface area (Å²) >= 11 is 0. The zero-order valence-electron chi connectivity index (χ0n) is 35.5. The van der Waals surface area contributed by atoms with E-state index in [0.29, 0.717) is 11.4 Å². The minimum Gasteiger partial charge on any atom is -0.481 e. The third-order valence-electron chi connectivity index (χ3n) is 9.24. The molecule has 0 aliphatic carbocycles. The molecule has 67 heavy (non-hydrogen) atoms. The van der Waals surface area contributed by atoms with E-state index in [9.17, 15) is 63.0 Å². The molecule has 29 heteroatoms. The average molecular weight is 940 g/mol. The van der Waals surface area contributed by atoms with Crippen molar-refractivity contribution in [1.82, 2.24) is 57.2 Å². The number of aldehydes is 1. The van der Waals surface area contributed by atoms with Gasteiger partial charge in [-0.3, -0.25) is 53.5 Å². The molecule has 0 saturated heterocycles. The summed E-state index contributed by atoms with van der Waals surface area (Å²) in [5.74, 6) is -11.4. The maximum absolute atomic E-state index is 13.5. The standard InChI is InChI=1S/C38H49N15O14/c1-42-31(61)23(13-26(56)57)50-34(64)24(14-27(58)59)51-32(62)20(3-2-11-43-37(39)40)48-33(63)21(10-12-54)47-25(55)9-8-22(36(66)67)49-30(60)17-4-6-18(7-5-17)44-15-19-16-45-29-28(46-19)35(65)53-38(41)52-29/h4-7,12,16,20-24,44H,2-3,8-11,13-15H2,1H3,(H,42,61)(H,47,55)(H,48,63)(H,49,60)(H,50,64)(H,51,62)(H,56,57)(H,58,59)(H,66,67)(H4,39,40,43)(H3,41,45,52,53,65)/t20-,21-,22-,23-,24-/m0/s1. The van der Waals surface area contributed by atoms with Gasteiger partial charge in [0.1, 0.15) is 36.5 Å². The fraction of sp³-hybridized carbons (Fsp3) is 0.395. The number of nitrogens with one attached hydrogen (secondary N) is 10. The Bertz CT molecular complexity index is 2410. The molecule has 0 fully saturated rings. The molecular weight excluding hydrogens is 891 g/mol. The molecule has 3 rings (SSSR count). The Balaban J connectivity index is 1.65. The van der Waals surface area contributed by atoms with E-state index < -0.39 is 127 Å². The first-order valence-corrected chi connectivity index (χ1v) is 20.0. The highest BCUT2D eigenvalue weighted by Gasteiger charge is 2.33. The largest absolute Gasteiger partial charge is 0.481 e. The summed E-state index contributed by atoms with van der Waals surface area (Å²) < 4.78 is 0. The van der Waals surface area contributed by atoms with Crippen LogP contribution in [0.2, 0.25) is 0 Å². The number of nitrogens with two attached hydrogens (primary N) is 2. The predicted molar refractivity (Wildman–Crippen MR) is 230 cm³/mol. The number of H-pyrrole nitrogens is 1. The molecule has 6 amide bonds. The van der Waals surface area contributed by atoms with E-state index in [4.69, 9.17) is 22.0 Å². The summed E-state index contributed by atoms with van der Waals surface area (Å²) in [6, 6.07) is -2.67. The van der Waals surface area contributed by atoms with E-state index in [1.54, 1.807) is 0 Å². The van der Waals surface area contributed by atoms with Crippen LogP contribution in [0.3, 0.4) is 0 Å². The lowest BCUT2D eigenvalue weighted by Crippen LogP contribution is -2.58. The number of aromatic amines is 1. The van der Waals surface area contributed by atoms with E-state index in [-0.39, 0.29) is 54.9 Å². The first-order chi connectivity index (χ1) is 31.7. The Morgan fingerprint density at radius 2 is 1.39 bits per heavy atom. The number of amides is 6. The normalized spacial score (nSPS) is 12.9. The molecule has 0 aliphatic rings. The van der Waals surface area contributed by atoms with E-state index in [0.717, 1.165) is 7.05 Å². The van der Waals surface area contributed by atoms with Gasteiger partial charge < -0.3 is 74.1 Å². The van der Waals surface area contributed by atoms with Crippen molar-refractivity contribution in [3.63, 3.8) is 0 Å². The third kappa shape index (κ3) is 17.4. The number of carboxylic acids is 3. The smallest absolute Gasteiger partial charge is 0.326 e. The second-order valence-electron chi connectivity index (χ2n) is 14.3. The fourth-order valence-corrected chi connectivity index (χ4v) is 5.91. The minimum atomic E-state index is -1.91. The van der Waals surface area contributed by atoms with Gasteiger partial charge in [0.15, 0.2) is 17.1 Å². The molecule has 3 aromatic rings. The van der Waals surface area contributed by atoms with Gasteiger partial charge in [0.05, 0.1) is 31.3 Å². The van der Waals surface area contributed by atoms with Gasteiger partial charge in [0.25, 0.3) is 11.5 Å². The molecule has 29 nitrogen and oxygen atoms in total. The second kappa shape index (κ2) is 25.5. The van der Waals surface area contributed by atoms with Crippen molar-refractivity contribution in [1.29, 1.82) is 5.41 Å². The number of benzene rings is 1. The SMILES string of the molecule is CNC(=O)[C@H](CC(=O)O)NC(=O)[C@H](CC(=O)O)NC(=O)[C@H](CCCNC(=N)N)NC(=O)[C@H](CC=O)NC(=O)CC[C@H](NC(=O)c1ccc(NCc2cnc3nc(N)[nH]c(=O)c3n2)cc1)C(=O)O. The monoisotopic (exact) mass is 939 g/mol. The van der Waals surface area contributed by atoms with Crippen LogP contribution >= 0.6 is 0 Å². The number of carbonyl (C=O) groups is 10. The van der Waals surface area contributed by atoms with E-state index in [2.05, 4.69) is 62.5 Å². The molecule has 1 aromatic carbocycles. The zero-order chi connectivity index (χ0) is 49.8. The Hall–Kier alpha value is -8.79. The van der Waals surface area contributed by atoms with Crippen molar-refractivity contribution in [3.05, 3.63) is 52.1 Å². The first-order valence-electron chi connectivity index (χ1n) is 20.0. The molecule has 5 atom stereocenters. The van der Waals surface area contributed by atoms with Crippen molar-refractivity contribution in [3.8, 4) is 0 Å². The predicted octanol–water partition coefficient (Wildman–Crippen LogP) is -4.64. The number of carbonyl (C=O) groups excluding carboxylic acids is 7. The van der Waals surface area contributed by atoms with Crippen LogP contribution in [0, 0.1) is 5.41 Å². The van der Waals surface area contributed by atoms with Gasteiger partial charge in [-0.15, -0.1) is 0 Å². The topological polar surface area (TPSA) is 475 Å². The highest BCUT2D eigenvalue weighted by Crippen LogP contribution is 2.13. The number of likely N-dealkylation sites (N-methyl/N-ethyl adjacent to an activating group) is 1. The van der Waals surface area contributed by atoms with Gasteiger partial charge >= 0.3 is 17.9 Å². The number of aromatic nitrogens is 4. The fourth-order valence-electron chi connectivity index (χ4n) is 5.91. The number of hydrogen-bond donors (Lipinski definition) is 15. The lowest BCUT2D eigenvalue weighted by atomic mass is 10.1. The Labute approximate surface area is 377 Å². The first kappa shape index (κ1) is 52.6. The molecule has 17 N–H and O–H groups in total. The number of fused-ring (bicyclic) bond motifs is 1. The molecular formula is C38H49N15O14. The summed E-state index contributed by atoms with van der Waals surface area (Å²) in [6.45, 7) is 0.0990. The summed E-state index contributed by atoms with van der Waals surface area (Å²) in [7, 11) is 1.15. The number of rotatable bonds is 27. The van der Waals surface area contributed by atoms with Gasteiger partial charge in [-0.25, -0.2) is 14.8 Å². The lowest BCUT2D eigenvalue weighted by molar-refractivity contribution is -0.143. The number of nitrogen functional groups attached to an aromatic ring is 1. The van der Waals surface area contributed by atoms with Crippen LogP contribution in [0.1, 0.15) is 61.0 Å². The van der Waals surface area contributed by atoms with Gasteiger partial charge in [-0.2, -0.15) is 4.98 Å². The number of nitrogens with zero attached hydrogens (tertiary/aromatic N) is 3. The van der Waals surface area contributed by atoms with E-state index >= 15 is 0 Å². The second-order valence-corrected chi connectivity index (χ2v) is 14.3. The molecule has 0 saturated carbocycles. The van der Waals surface area contributed by atoms with Crippen LogP contribution in [-0.2, 0) is 49.7 Å². The Morgan fingerprint density at radius 3 is 1.97 bits per heavy atom. The number of anilines is 2. The summed E-state index contributed by atoms with van der Waals surface area (Å²) in [6.07, 6.45) is -2.31. The number of aliphatic carboxylic acids is 3. The summed E-state index contributed by atoms with van der Waals surface area (Å²) in [4.78, 5) is 151. The average Bonchev–Trinajstić information content (AvgIpc) is 3.26. The van der Waals surface area contributed by atoms with Crippen LogP contribution in [0.25, 0.3) is 11.2 Å². The van der Waals surface area contributed by atoms with Crippen LogP contribution < -0.4 is 59.6 Å². The minimum absolute atomic E-state index is 0.0139. The molecule has 0 aliphatic heterocycles. The van der Waals surface area contributed by atoms with Gasteiger partial charge in [-0.05, 0) is 43.5 Å². The number of hydrogen-bond acceptors (Lipinski definition) is 17. The van der Waals surface area contributed by atoms with Crippen molar-refractivity contribution in [2.75, 3.05) is 24.6 Å². The quantitative estimate of drug-likeness (QED) is 0.0148. The molecule has 0 spiro atoms. The molecule has 360 valence electrons. The molecule has 0 unspecified atom stereocenters. The van der Waals surface area contributed by atoms with Crippen molar-refractivity contribution in [2.24, 2.45) is 5.73 Å². The van der Waals surface area contributed by atoms with Crippen LogP contribution in [0.15, 0.2) is 35.3 Å². The zero-order valence-corrected chi connectivity index (χ0v) is 35.5. The van der Waals surface area contributed by atoms with Crippen molar-refractivity contribution >= 4 is 88.4 Å². The third-order valence-corrected chi connectivity index (χ3v) is 9.24. The summed E-state index contributed by atoms with van der Waals surface area (Å²) in [5.41, 5.74) is 11.2. The van der Waals surface area contributed by atoms with Crippen LogP contribution in [0.5, 0.6) is 0 Å². The van der Waals surface area contributed by atoms with Crippen LogP contribution in [0.4, 0.5) is 11.6 Å². The molecule has 0 radical (unpaired) electrons. The molecule has 0 bridgehead atoms. The Morgan fingerprint density at radius 1 is 0.791 bits per heavy atom. The molecule has 2 heterocycles.